The van der Waals surface area contributed by atoms with Crippen molar-refractivity contribution < 1.29 is 13.5 Å². The molecular weight excluding hydrogens is 426 g/mol. The summed E-state index contributed by atoms with van der Waals surface area (Å²) in [5.41, 5.74) is 4.04. The predicted octanol–water partition coefficient (Wildman–Crippen LogP) is 3.57. The van der Waals surface area contributed by atoms with Crippen molar-refractivity contribution in [1.82, 2.24) is 20.3 Å². The van der Waals surface area contributed by atoms with Crippen LogP contribution >= 0.6 is 0 Å². The molecule has 2 aliphatic heterocycles. The summed E-state index contributed by atoms with van der Waals surface area (Å²) < 4.78 is 34.2. The molecule has 1 aromatic carbocycles. The van der Waals surface area contributed by atoms with E-state index < -0.39 is 11.8 Å². The van der Waals surface area contributed by atoms with Crippen LogP contribution in [-0.2, 0) is 4.74 Å². The monoisotopic (exact) mass is 454 g/mol. The first-order valence-corrected chi connectivity index (χ1v) is 11.4. The summed E-state index contributed by atoms with van der Waals surface area (Å²) in [6.07, 6.45) is 3.27. The molecular formula is C24H28F2N6O. The Balaban J connectivity index is 1.41. The predicted molar refractivity (Wildman–Crippen MR) is 125 cm³/mol. The molecule has 2 N–H and O–H groups in total. The number of ether oxygens (including phenoxy) is 1. The van der Waals surface area contributed by atoms with Crippen LogP contribution in [0.15, 0.2) is 42.7 Å². The van der Waals surface area contributed by atoms with Gasteiger partial charge >= 0.3 is 0 Å². The van der Waals surface area contributed by atoms with Crippen molar-refractivity contribution in [3.05, 3.63) is 42.7 Å². The van der Waals surface area contributed by atoms with Crippen LogP contribution in [0.2, 0.25) is 0 Å². The van der Waals surface area contributed by atoms with Gasteiger partial charge in [0.25, 0.3) is 5.92 Å². The quantitative estimate of drug-likeness (QED) is 0.610. The molecule has 0 aliphatic carbocycles. The minimum atomic E-state index is -2.70. The first-order valence-electron chi connectivity index (χ1n) is 11.4. The summed E-state index contributed by atoms with van der Waals surface area (Å²) in [4.78, 5) is 15.9. The molecule has 2 fully saturated rings. The van der Waals surface area contributed by atoms with Gasteiger partial charge in [-0.3, -0.25) is 4.98 Å². The number of nitrogens with one attached hydrogen (secondary N) is 2. The van der Waals surface area contributed by atoms with E-state index >= 15 is 0 Å². The van der Waals surface area contributed by atoms with Gasteiger partial charge < -0.3 is 20.3 Å². The molecule has 0 saturated carbocycles. The zero-order valence-corrected chi connectivity index (χ0v) is 18.6. The number of hydrogen-bond donors (Lipinski definition) is 2. The third-order valence-corrected chi connectivity index (χ3v) is 6.36. The molecule has 2 unspecified atom stereocenters. The number of morpholine rings is 1. The van der Waals surface area contributed by atoms with Crippen molar-refractivity contribution >= 4 is 22.5 Å². The van der Waals surface area contributed by atoms with E-state index in [4.69, 9.17) is 9.72 Å². The Hall–Kier alpha value is -2.91. The first-order chi connectivity index (χ1) is 16.0. The van der Waals surface area contributed by atoms with Crippen molar-refractivity contribution in [2.75, 3.05) is 49.5 Å². The largest absolute Gasteiger partial charge is 0.375 e. The van der Waals surface area contributed by atoms with E-state index in [0.717, 1.165) is 36.6 Å². The fraction of sp³-hybridized carbons (Fsp3) is 0.458. The number of anilines is 2. The Bertz CT molecular complexity index is 1110. The number of hydrogen-bond acceptors (Lipinski definition) is 7. The normalized spacial score (nSPS) is 22.9. The Kier molecular flexibility index (Phi) is 6.07. The van der Waals surface area contributed by atoms with Gasteiger partial charge in [-0.15, -0.1) is 0 Å². The highest BCUT2D eigenvalue weighted by Gasteiger charge is 2.41. The van der Waals surface area contributed by atoms with Gasteiger partial charge in [0.05, 0.1) is 29.8 Å². The maximum Gasteiger partial charge on any atom is 0.255 e. The van der Waals surface area contributed by atoms with E-state index in [1.54, 1.807) is 12.4 Å². The standard InChI is InChI=1S/C24H28F2N6O/c1-16-15-32(10-11-33-16)19-4-2-17(3-5-19)20-12-21-22(29-9-8-28-21)23(31-20)30-14-18-13-27-7-6-24(18,25)26/h2-5,8-9,12,16,18,27H,6-7,10-11,13-15H2,1H3,(H,30,31). The van der Waals surface area contributed by atoms with E-state index in [0.29, 0.717) is 23.4 Å². The van der Waals surface area contributed by atoms with Gasteiger partial charge in [-0.05, 0) is 25.1 Å². The molecule has 0 spiro atoms. The molecule has 4 heterocycles. The fourth-order valence-electron chi connectivity index (χ4n) is 4.47. The second kappa shape index (κ2) is 9.15. The summed E-state index contributed by atoms with van der Waals surface area (Å²) in [6.45, 7) is 5.24. The highest BCUT2D eigenvalue weighted by molar-refractivity contribution is 5.88. The van der Waals surface area contributed by atoms with Crippen molar-refractivity contribution in [2.45, 2.75) is 25.4 Å². The van der Waals surface area contributed by atoms with Crippen LogP contribution < -0.4 is 15.5 Å². The van der Waals surface area contributed by atoms with Gasteiger partial charge in [-0.2, -0.15) is 0 Å². The molecule has 174 valence electrons. The second-order valence-corrected chi connectivity index (χ2v) is 8.75. The number of pyridine rings is 1. The summed E-state index contributed by atoms with van der Waals surface area (Å²) in [5.74, 6) is -3.04. The van der Waals surface area contributed by atoms with Crippen LogP contribution in [0.1, 0.15) is 13.3 Å². The first kappa shape index (κ1) is 21.9. The Morgan fingerprint density at radius 1 is 1.21 bits per heavy atom. The van der Waals surface area contributed by atoms with Crippen LogP contribution in [0.25, 0.3) is 22.3 Å². The van der Waals surface area contributed by atoms with E-state index in [-0.39, 0.29) is 25.6 Å². The SMILES string of the molecule is CC1CN(c2ccc(-c3cc4nccnc4c(NCC4CNCCC4(F)F)n3)cc2)CCO1. The van der Waals surface area contributed by atoms with Crippen LogP contribution in [0, 0.1) is 5.92 Å². The topological polar surface area (TPSA) is 75.2 Å². The van der Waals surface area contributed by atoms with E-state index in [1.165, 1.54) is 0 Å². The molecule has 33 heavy (non-hydrogen) atoms. The molecule has 2 saturated heterocycles. The molecule has 5 rings (SSSR count). The average Bonchev–Trinajstić information content (AvgIpc) is 2.83. The number of aromatic nitrogens is 3. The zero-order chi connectivity index (χ0) is 22.8. The highest BCUT2D eigenvalue weighted by Crippen LogP contribution is 2.32. The lowest BCUT2D eigenvalue weighted by Crippen LogP contribution is -2.47. The molecule has 2 aliphatic rings. The summed E-state index contributed by atoms with van der Waals surface area (Å²) in [5, 5.41) is 6.19. The molecule has 2 aromatic heterocycles. The number of nitrogens with zero attached hydrogens (tertiary/aromatic N) is 4. The molecule has 2 atom stereocenters. The van der Waals surface area contributed by atoms with Crippen molar-refractivity contribution in [2.24, 2.45) is 5.92 Å². The van der Waals surface area contributed by atoms with Crippen molar-refractivity contribution in [3.63, 3.8) is 0 Å². The van der Waals surface area contributed by atoms with Gasteiger partial charge in [-0.25, -0.2) is 18.7 Å². The number of benzene rings is 1. The maximum atomic E-state index is 14.3. The van der Waals surface area contributed by atoms with Crippen LogP contribution in [0.5, 0.6) is 0 Å². The molecule has 3 aromatic rings. The third-order valence-electron chi connectivity index (χ3n) is 6.36. The Labute approximate surface area is 191 Å². The van der Waals surface area contributed by atoms with Crippen LogP contribution in [0.4, 0.5) is 20.3 Å². The number of piperidine rings is 1. The lowest BCUT2D eigenvalue weighted by Gasteiger charge is -2.33. The minimum Gasteiger partial charge on any atom is -0.375 e. The number of halogens is 2. The fourth-order valence-corrected chi connectivity index (χ4v) is 4.47. The number of alkyl halides is 2. The Morgan fingerprint density at radius 2 is 2.03 bits per heavy atom. The van der Waals surface area contributed by atoms with Crippen LogP contribution in [-0.4, -0.2) is 66.3 Å². The summed E-state index contributed by atoms with van der Waals surface area (Å²) in [7, 11) is 0. The minimum absolute atomic E-state index is 0.107. The van der Waals surface area contributed by atoms with Gasteiger partial charge in [0.2, 0.25) is 0 Å². The smallest absolute Gasteiger partial charge is 0.255 e. The van der Waals surface area contributed by atoms with Gasteiger partial charge in [0, 0.05) is 62.8 Å². The van der Waals surface area contributed by atoms with Gasteiger partial charge in [-0.1, -0.05) is 12.1 Å². The lowest BCUT2D eigenvalue weighted by atomic mass is 9.95. The molecule has 9 heteroatoms. The summed E-state index contributed by atoms with van der Waals surface area (Å²) >= 11 is 0. The molecule has 0 radical (unpaired) electrons. The van der Waals surface area contributed by atoms with Crippen molar-refractivity contribution in [3.8, 4) is 11.3 Å². The third kappa shape index (κ3) is 4.74. The second-order valence-electron chi connectivity index (χ2n) is 8.75. The summed E-state index contributed by atoms with van der Waals surface area (Å²) in [6, 6.07) is 10.1. The van der Waals surface area contributed by atoms with Gasteiger partial charge in [0.1, 0.15) is 5.52 Å². The molecule has 0 amide bonds. The number of rotatable bonds is 5. The highest BCUT2D eigenvalue weighted by atomic mass is 19.3. The van der Waals surface area contributed by atoms with Gasteiger partial charge in [0.15, 0.2) is 5.82 Å². The zero-order valence-electron chi connectivity index (χ0n) is 18.6. The maximum absolute atomic E-state index is 14.3. The number of fused-ring (bicyclic) bond motifs is 1. The van der Waals surface area contributed by atoms with E-state index in [9.17, 15) is 8.78 Å². The Morgan fingerprint density at radius 3 is 2.82 bits per heavy atom. The molecule has 0 bridgehead atoms. The average molecular weight is 455 g/mol. The van der Waals surface area contributed by atoms with E-state index in [1.807, 2.05) is 18.2 Å². The molecule has 7 nitrogen and oxygen atoms in total. The van der Waals surface area contributed by atoms with Crippen molar-refractivity contribution in [1.29, 1.82) is 0 Å². The van der Waals surface area contributed by atoms with E-state index in [2.05, 4.69) is 44.6 Å². The van der Waals surface area contributed by atoms with Crippen LogP contribution in [0.3, 0.4) is 0 Å². The lowest BCUT2D eigenvalue weighted by molar-refractivity contribution is -0.0728.